The number of carbonyl (C=O) groups excluding carboxylic acids is 2. The topological polar surface area (TPSA) is 55.4 Å². The minimum Gasteiger partial charge on any atom is -0.465 e. The van der Waals surface area contributed by atoms with Crippen molar-refractivity contribution < 1.29 is 14.3 Å². The van der Waals surface area contributed by atoms with Gasteiger partial charge >= 0.3 is 5.97 Å². The number of rotatable bonds is 4. The highest BCUT2D eigenvalue weighted by Gasteiger charge is 2.27. The zero-order chi connectivity index (χ0) is 12.1. The van der Waals surface area contributed by atoms with E-state index < -0.39 is 0 Å². The summed E-state index contributed by atoms with van der Waals surface area (Å²) < 4.78 is 4.82. The number of nitrogens with one attached hydrogen (secondary N) is 1. The van der Waals surface area contributed by atoms with Crippen LogP contribution in [0.3, 0.4) is 0 Å². The van der Waals surface area contributed by atoms with Gasteiger partial charge in [0.25, 0.3) is 0 Å². The Morgan fingerprint density at radius 2 is 2.18 bits per heavy atom. The molecule has 2 rings (SSSR count). The second kappa shape index (κ2) is 5.72. The summed E-state index contributed by atoms with van der Waals surface area (Å²) in [7, 11) is 0. The van der Waals surface area contributed by atoms with Crippen molar-refractivity contribution >= 4 is 29.3 Å². The molecule has 0 spiro atoms. The summed E-state index contributed by atoms with van der Waals surface area (Å²) in [5, 5.41) is 2.59. The monoisotopic (exact) mass is 251 g/mol. The first-order valence-corrected chi connectivity index (χ1v) is 6.44. The molecule has 17 heavy (non-hydrogen) atoms. The summed E-state index contributed by atoms with van der Waals surface area (Å²) >= 11 is 1.33. The highest BCUT2D eigenvalue weighted by Crippen LogP contribution is 2.21. The number of anilines is 1. The van der Waals surface area contributed by atoms with Crippen molar-refractivity contribution in [2.45, 2.75) is 11.7 Å². The number of para-hydroxylation sites is 1. The Bertz CT molecular complexity index is 407. The Morgan fingerprint density at radius 3 is 2.82 bits per heavy atom. The highest BCUT2D eigenvalue weighted by atomic mass is 32.2. The van der Waals surface area contributed by atoms with Gasteiger partial charge in [-0.05, 0) is 12.1 Å². The molecule has 1 aromatic rings. The fourth-order valence-electron chi connectivity index (χ4n) is 1.52. The molecular formula is C12H13NO3S. The molecule has 1 aliphatic heterocycles. The molecule has 1 aliphatic rings. The lowest BCUT2D eigenvalue weighted by Gasteiger charge is -2.06. The summed E-state index contributed by atoms with van der Waals surface area (Å²) in [6, 6.07) is 9.26. The number of benzene rings is 1. The van der Waals surface area contributed by atoms with Crippen molar-refractivity contribution in [3.63, 3.8) is 0 Å². The molecule has 0 saturated carbocycles. The first-order valence-electron chi connectivity index (χ1n) is 5.39. The number of cyclic esters (lactones) is 1. The molecule has 1 fully saturated rings. The number of carbonyl (C=O) groups is 2. The number of ether oxygens (including phenoxy) is 1. The molecule has 1 aromatic carbocycles. The number of esters is 1. The molecule has 0 radical (unpaired) electrons. The van der Waals surface area contributed by atoms with E-state index in [1.165, 1.54) is 11.8 Å². The lowest BCUT2D eigenvalue weighted by Crippen LogP contribution is -2.18. The van der Waals surface area contributed by atoms with Crippen LogP contribution in [0.2, 0.25) is 0 Å². The quantitative estimate of drug-likeness (QED) is 0.827. The molecule has 4 nitrogen and oxygen atoms in total. The van der Waals surface area contributed by atoms with Crippen molar-refractivity contribution in [1.29, 1.82) is 0 Å². The van der Waals surface area contributed by atoms with E-state index in [1.807, 2.05) is 30.3 Å². The van der Waals surface area contributed by atoms with Gasteiger partial charge in [0.1, 0.15) is 5.25 Å². The average molecular weight is 251 g/mol. The molecule has 0 aliphatic carbocycles. The highest BCUT2D eigenvalue weighted by molar-refractivity contribution is 8.01. The van der Waals surface area contributed by atoms with E-state index in [0.29, 0.717) is 13.0 Å². The van der Waals surface area contributed by atoms with E-state index in [4.69, 9.17) is 4.74 Å². The predicted octanol–water partition coefficient (Wildman–Crippen LogP) is 1.67. The second-order valence-electron chi connectivity index (χ2n) is 3.67. The normalized spacial score (nSPS) is 18.8. The van der Waals surface area contributed by atoms with Crippen LogP contribution >= 0.6 is 11.8 Å². The zero-order valence-corrected chi connectivity index (χ0v) is 10.0. The molecule has 90 valence electrons. The number of hydrogen-bond donors (Lipinski definition) is 1. The van der Waals surface area contributed by atoms with Gasteiger partial charge in [0.15, 0.2) is 0 Å². The van der Waals surface area contributed by atoms with Gasteiger partial charge in [-0.15, -0.1) is 11.8 Å². The molecule has 1 amide bonds. The Kier molecular flexibility index (Phi) is 4.03. The van der Waals surface area contributed by atoms with Crippen LogP contribution in [0, 0.1) is 0 Å². The fourth-order valence-corrected chi connectivity index (χ4v) is 2.42. The number of thioether (sulfide) groups is 1. The summed E-state index contributed by atoms with van der Waals surface area (Å²) in [5.74, 6) is -0.0299. The summed E-state index contributed by atoms with van der Waals surface area (Å²) in [5.41, 5.74) is 0.770. The van der Waals surface area contributed by atoms with Crippen LogP contribution < -0.4 is 5.32 Å². The van der Waals surface area contributed by atoms with Crippen LogP contribution in [0.1, 0.15) is 6.42 Å². The van der Waals surface area contributed by atoms with Crippen LogP contribution in [0.5, 0.6) is 0 Å². The van der Waals surface area contributed by atoms with Crippen molar-refractivity contribution in [3.05, 3.63) is 30.3 Å². The van der Waals surface area contributed by atoms with E-state index in [9.17, 15) is 9.59 Å². The second-order valence-corrected chi connectivity index (χ2v) is 4.86. The minimum atomic E-state index is -0.206. The van der Waals surface area contributed by atoms with Crippen molar-refractivity contribution in [1.82, 2.24) is 0 Å². The summed E-state index contributed by atoms with van der Waals surface area (Å²) in [4.78, 5) is 22.8. The largest absolute Gasteiger partial charge is 0.465 e. The maximum absolute atomic E-state index is 11.6. The molecule has 1 unspecified atom stereocenters. The SMILES string of the molecule is O=C(CSC1CCOC1=O)Nc1ccccc1. The van der Waals surface area contributed by atoms with Crippen LogP contribution in [-0.4, -0.2) is 29.5 Å². The van der Waals surface area contributed by atoms with Gasteiger partial charge in [-0.2, -0.15) is 0 Å². The zero-order valence-electron chi connectivity index (χ0n) is 9.22. The fraction of sp³-hybridized carbons (Fsp3) is 0.333. The average Bonchev–Trinajstić information content (AvgIpc) is 2.74. The molecule has 0 aromatic heterocycles. The maximum atomic E-state index is 11.6. The first-order chi connectivity index (χ1) is 8.25. The molecule has 1 heterocycles. The van der Waals surface area contributed by atoms with E-state index in [-0.39, 0.29) is 22.9 Å². The van der Waals surface area contributed by atoms with Gasteiger partial charge in [0.2, 0.25) is 5.91 Å². The summed E-state index contributed by atoms with van der Waals surface area (Å²) in [6.45, 7) is 0.469. The van der Waals surface area contributed by atoms with Crippen LogP contribution in [0.25, 0.3) is 0 Å². The van der Waals surface area contributed by atoms with Gasteiger partial charge in [0.05, 0.1) is 12.4 Å². The number of amides is 1. The minimum absolute atomic E-state index is 0.0964. The van der Waals surface area contributed by atoms with Gasteiger partial charge < -0.3 is 10.1 Å². The summed E-state index contributed by atoms with van der Waals surface area (Å²) in [6.07, 6.45) is 0.697. The van der Waals surface area contributed by atoms with Gasteiger partial charge in [-0.25, -0.2) is 0 Å². The van der Waals surface area contributed by atoms with E-state index in [0.717, 1.165) is 5.69 Å². The Morgan fingerprint density at radius 1 is 1.41 bits per heavy atom. The third-order valence-electron chi connectivity index (χ3n) is 2.36. The lowest BCUT2D eigenvalue weighted by molar-refractivity contribution is -0.137. The molecule has 5 heteroatoms. The molecular weight excluding hydrogens is 238 g/mol. The van der Waals surface area contributed by atoms with Crippen LogP contribution in [0.15, 0.2) is 30.3 Å². The number of hydrogen-bond acceptors (Lipinski definition) is 4. The van der Waals surface area contributed by atoms with Gasteiger partial charge in [0, 0.05) is 12.1 Å². The Labute approximate surface area is 104 Å². The first kappa shape index (κ1) is 12.0. The molecule has 0 bridgehead atoms. The molecule has 1 atom stereocenters. The lowest BCUT2D eigenvalue weighted by atomic mass is 10.3. The Hall–Kier alpha value is -1.49. The van der Waals surface area contributed by atoms with E-state index >= 15 is 0 Å². The van der Waals surface area contributed by atoms with E-state index in [1.54, 1.807) is 0 Å². The van der Waals surface area contributed by atoms with Crippen molar-refractivity contribution in [3.8, 4) is 0 Å². The van der Waals surface area contributed by atoms with Gasteiger partial charge in [-0.3, -0.25) is 9.59 Å². The third kappa shape index (κ3) is 3.49. The van der Waals surface area contributed by atoms with Crippen molar-refractivity contribution in [2.75, 3.05) is 17.7 Å². The molecule has 1 N–H and O–H groups in total. The van der Waals surface area contributed by atoms with Gasteiger partial charge in [-0.1, -0.05) is 18.2 Å². The third-order valence-corrected chi connectivity index (χ3v) is 3.62. The van der Waals surface area contributed by atoms with E-state index in [2.05, 4.69) is 5.32 Å². The standard InChI is InChI=1S/C12H13NO3S/c14-11(13-9-4-2-1-3-5-9)8-17-10-6-7-16-12(10)15/h1-5,10H,6-8H2,(H,13,14). The van der Waals surface area contributed by atoms with Crippen molar-refractivity contribution in [2.24, 2.45) is 0 Å². The smallest absolute Gasteiger partial charge is 0.319 e. The van der Waals surface area contributed by atoms with Crippen LogP contribution in [0.4, 0.5) is 5.69 Å². The predicted molar refractivity (Wildman–Crippen MR) is 66.9 cm³/mol. The Balaban J connectivity index is 1.76. The molecule has 1 saturated heterocycles. The van der Waals surface area contributed by atoms with Crippen LogP contribution in [-0.2, 0) is 14.3 Å². The maximum Gasteiger partial charge on any atom is 0.319 e.